The van der Waals surface area contributed by atoms with Crippen LogP contribution in [0, 0.1) is 0 Å². The number of nitrogens with zero attached hydrogens (tertiary/aromatic N) is 1. The molecule has 2 atom stereocenters. The van der Waals surface area contributed by atoms with Crippen molar-refractivity contribution in [1.82, 2.24) is 5.32 Å². The van der Waals surface area contributed by atoms with Crippen molar-refractivity contribution in [1.29, 1.82) is 0 Å². The third-order valence-corrected chi connectivity index (χ3v) is 3.82. The Kier molecular flexibility index (Phi) is 4.98. The van der Waals surface area contributed by atoms with Gasteiger partial charge >= 0.3 is 0 Å². The van der Waals surface area contributed by atoms with Crippen LogP contribution in [0.4, 0.5) is 0 Å². The number of hydrogen-bond donors (Lipinski definition) is 3. The third kappa shape index (κ3) is 3.71. The fraction of sp³-hybridized carbons (Fsp3) is 0.533. The minimum atomic E-state index is -0.133. The summed E-state index contributed by atoms with van der Waals surface area (Å²) in [5.74, 6) is 0.0902. The van der Waals surface area contributed by atoms with E-state index < -0.39 is 0 Å². The third-order valence-electron chi connectivity index (χ3n) is 3.82. The van der Waals surface area contributed by atoms with E-state index in [9.17, 15) is 0 Å². The number of amidine groups is 1. The molecule has 2 unspecified atom stereocenters. The number of rotatable bonds is 6. The Labute approximate surface area is 119 Å². The molecule has 20 heavy (non-hydrogen) atoms. The first-order valence-electron chi connectivity index (χ1n) is 7.02. The molecule has 5 nitrogen and oxygen atoms in total. The summed E-state index contributed by atoms with van der Waals surface area (Å²) in [7, 11) is 0. The summed E-state index contributed by atoms with van der Waals surface area (Å²) >= 11 is 0. The second-order valence-electron chi connectivity index (χ2n) is 5.52. The molecule has 1 aliphatic heterocycles. The molecule has 1 saturated heterocycles. The summed E-state index contributed by atoms with van der Waals surface area (Å²) in [5, 5.41) is 15.5. The summed E-state index contributed by atoms with van der Waals surface area (Å²) < 4.78 is 5.74. The quantitative estimate of drug-likeness (QED) is 0.320. The predicted molar refractivity (Wildman–Crippen MR) is 79.1 cm³/mol. The Bertz CT molecular complexity index is 442. The van der Waals surface area contributed by atoms with E-state index in [1.54, 1.807) is 0 Å². The van der Waals surface area contributed by atoms with Crippen LogP contribution in [-0.4, -0.2) is 36.3 Å². The first-order chi connectivity index (χ1) is 9.64. The lowest BCUT2D eigenvalue weighted by atomic mass is 9.97. The van der Waals surface area contributed by atoms with Crippen LogP contribution in [0.3, 0.4) is 0 Å². The lowest BCUT2D eigenvalue weighted by molar-refractivity contribution is 0.0210. The molecule has 0 aliphatic carbocycles. The lowest BCUT2D eigenvalue weighted by Gasteiger charge is -2.25. The van der Waals surface area contributed by atoms with E-state index in [0.717, 1.165) is 31.6 Å². The van der Waals surface area contributed by atoms with E-state index in [1.165, 1.54) is 0 Å². The number of benzene rings is 1. The molecule has 0 bridgehead atoms. The molecule has 1 aromatic rings. The van der Waals surface area contributed by atoms with Crippen LogP contribution in [0.25, 0.3) is 0 Å². The van der Waals surface area contributed by atoms with Crippen molar-refractivity contribution in [2.75, 3.05) is 19.7 Å². The zero-order valence-corrected chi connectivity index (χ0v) is 11.9. The zero-order chi connectivity index (χ0) is 14.4. The molecular weight excluding hydrogens is 254 g/mol. The molecule has 0 saturated carbocycles. The minimum Gasteiger partial charge on any atom is -0.409 e. The average Bonchev–Trinajstić information content (AvgIpc) is 2.91. The monoisotopic (exact) mass is 277 g/mol. The van der Waals surface area contributed by atoms with Crippen LogP contribution in [0.2, 0.25) is 0 Å². The highest BCUT2D eigenvalue weighted by molar-refractivity contribution is 5.87. The lowest BCUT2D eigenvalue weighted by Crippen LogP contribution is -2.40. The molecule has 1 fully saturated rings. The van der Waals surface area contributed by atoms with Gasteiger partial charge in [0.2, 0.25) is 0 Å². The highest BCUT2D eigenvalue weighted by Crippen LogP contribution is 2.24. The van der Waals surface area contributed by atoms with Gasteiger partial charge < -0.3 is 21.0 Å². The maximum atomic E-state index is 8.94. The standard InChI is InChI=1S/C15H23N3O2/c1-15(8-5-9-20-15)11-17-10-13(14(16)18-19)12-6-3-2-4-7-12/h2-4,6-7,13,17,19H,5,8-11H2,1H3,(H2,16,18). The van der Waals surface area contributed by atoms with Gasteiger partial charge in [0.25, 0.3) is 0 Å². The summed E-state index contributed by atoms with van der Waals surface area (Å²) in [4.78, 5) is 0. The molecule has 1 heterocycles. The molecule has 0 spiro atoms. The van der Waals surface area contributed by atoms with Crippen molar-refractivity contribution in [2.24, 2.45) is 10.9 Å². The Hall–Kier alpha value is -1.59. The molecule has 4 N–H and O–H groups in total. The Morgan fingerprint density at radius 3 is 2.85 bits per heavy atom. The van der Waals surface area contributed by atoms with Crippen LogP contribution in [0.15, 0.2) is 35.5 Å². The van der Waals surface area contributed by atoms with Crippen molar-refractivity contribution < 1.29 is 9.94 Å². The van der Waals surface area contributed by atoms with Gasteiger partial charge in [-0.2, -0.15) is 0 Å². The molecule has 5 heteroatoms. The van der Waals surface area contributed by atoms with Crippen molar-refractivity contribution in [3.63, 3.8) is 0 Å². The largest absolute Gasteiger partial charge is 0.409 e. The van der Waals surface area contributed by atoms with Crippen molar-refractivity contribution in [2.45, 2.75) is 31.3 Å². The topological polar surface area (TPSA) is 79.9 Å². The van der Waals surface area contributed by atoms with Gasteiger partial charge in [0.05, 0.1) is 11.5 Å². The van der Waals surface area contributed by atoms with Crippen LogP contribution in [-0.2, 0) is 4.74 Å². The summed E-state index contributed by atoms with van der Waals surface area (Å²) in [6.45, 7) is 4.35. The Balaban J connectivity index is 1.95. The van der Waals surface area contributed by atoms with E-state index in [1.807, 2.05) is 30.3 Å². The van der Waals surface area contributed by atoms with E-state index in [-0.39, 0.29) is 17.4 Å². The van der Waals surface area contributed by atoms with Crippen molar-refractivity contribution in [3.8, 4) is 0 Å². The van der Waals surface area contributed by atoms with E-state index >= 15 is 0 Å². The predicted octanol–water partition coefficient (Wildman–Crippen LogP) is 1.68. The Morgan fingerprint density at radius 2 is 2.25 bits per heavy atom. The van der Waals surface area contributed by atoms with Crippen LogP contribution in [0.1, 0.15) is 31.2 Å². The second kappa shape index (κ2) is 6.72. The van der Waals surface area contributed by atoms with Gasteiger partial charge in [-0.1, -0.05) is 35.5 Å². The summed E-state index contributed by atoms with van der Waals surface area (Å²) in [5.41, 5.74) is 6.75. The first kappa shape index (κ1) is 14.8. The smallest absolute Gasteiger partial charge is 0.147 e. The molecule has 2 rings (SSSR count). The first-order valence-corrected chi connectivity index (χ1v) is 7.02. The molecule has 1 aromatic carbocycles. The molecule has 1 aliphatic rings. The Morgan fingerprint density at radius 1 is 1.50 bits per heavy atom. The fourth-order valence-electron chi connectivity index (χ4n) is 2.61. The molecule has 0 amide bonds. The SMILES string of the molecule is CC1(CNCC(/C(N)=N/O)c2ccccc2)CCCO1. The molecular formula is C15H23N3O2. The number of ether oxygens (including phenoxy) is 1. The summed E-state index contributed by atoms with van der Waals surface area (Å²) in [6, 6.07) is 9.83. The van der Waals surface area contributed by atoms with E-state index in [2.05, 4.69) is 17.4 Å². The van der Waals surface area contributed by atoms with E-state index in [0.29, 0.717) is 6.54 Å². The summed E-state index contributed by atoms with van der Waals surface area (Å²) in [6.07, 6.45) is 2.18. The van der Waals surface area contributed by atoms with Gasteiger partial charge in [0.15, 0.2) is 0 Å². The van der Waals surface area contributed by atoms with Crippen LogP contribution >= 0.6 is 0 Å². The van der Waals surface area contributed by atoms with Gasteiger partial charge in [0.1, 0.15) is 5.84 Å². The maximum Gasteiger partial charge on any atom is 0.147 e. The number of oxime groups is 1. The van der Waals surface area contributed by atoms with Crippen LogP contribution in [0.5, 0.6) is 0 Å². The molecule has 110 valence electrons. The van der Waals surface area contributed by atoms with Gasteiger partial charge in [0, 0.05) is 19.7 Å². The maximum absolute atomic E-state index is 8.94. The highest BCUT2D eigenvalue weighted by atomic mass is 16.5. The van der Waals surface area contributed by atoms with Crippen molar-refractivity contribution in [3.05, 3.63) is 35.9 Å². The normalized spacial score (nSPS) is 24.8. The molecule has 0 radical (unpaired) electrons. The minimum absolute atomic E-state index is 0.0909. The zero-order valence-electron chi connectivity index (χ0n) is 11.9. The number of hydrogen-bond acceptors (Lipinski definition) is 4. The van der Waals surface area contributed by atoms with Gasteiger partial charge in [-0.25, -0.2) is 0 Å². The van der Waals surface area contributed by atoms with Gasteiger partial charge in [-0.05, 0) is 25.3 Å². The van der Waals surface area contributed by atoms with Crippen molar-refractivity contribution >= 4 is 5.84 Å². The fourth-order valence-corrected chi connectivity index (χ4v) is 2.61. The average molecular weight is 277 g/mol. The second-order valence-corrected chi connectivity index (χ2v) is 5.52. The van der Waals surface area contributed by atoms with Gasteiger partial charge in [-0.15, -0.1) is 0 Å². The van der Waals surface area contributed by atoms with E-state index in [4.69, 9.17) is 15.7 Å². The number of nitrogens with one attached hydrogen (secondary N) is 1. The molecule has 0 aromatic heterocycles. The van der Waals surface area contributed by atoms with Gasteiger partial charge in [-0.3, -0.25) is 0 Å². The highest BCUT2D eigenvalue weighted by Gasteiger charge is 2.29. The van der Waals surface area contributed by atoms with Crippen LogP contribution < -0.4 is 11.1 Å². The number of nitrogens with two attached hydrogens (primary N) is 1.